The normalized spacial score (nSPS) is 11.9. The fourth-order valence-electron chi connectivity index (χ4n) is 11.2. The molecule has 22 heteroatoms. The summed E-state index contributed by atoms with van der Waals surface area (Å²) in [5, 5.41) is 8.52. The summed E-state index contributed by atoms with van der Waals surface area (Å²) in [7, 11) is -6.96. The van der Waals surface area contributed by atoms with E-state index in [-0.39, 0.29) is 7.18 Å². The third-order valence-corrected chi connectivity index (χ3v) is 17.3. The van der Waals surface area contributed by atoms with E-state index in [2.05, 4.69) is 235 Å². The number of halogens is 11. The second kappa shape index (κ2) is 29.2. The summed E-state index contributed by atoms with van der Waals surface area (Å²) in [4.78, 5) is 4.40. The van der Waals surface area contributed by atoms with Gasteiger partial charge in [0.05, 0.1) is 11.4 Å². The van der Waals surface area contributed by atoms with Gasteiger partial charge < -0.3 is 28.1 Å². The number of furan rings is 2. The molecule has 499 valence electrons. The molecule has 14 aromatic rings. The van der Waals surface area contributed by atoms with Gasteiger partial charge in [-0.25, -0.2) is 0 Å². The lowest BCUT2D eigenvalue weighted by Gasteiger charge is -2.31. The number of nitrogens with zero attached hydrogens (tertiary/aromatic N) is 2. The summed E-state index contributed by atoms with van der Waals surface area (Å²) in [5.74, 6) is -14.8. The van der Waals surface area contributed by atoms with Crippen LogP contribution in [0.3, 0.4) is 0 Å². The van der Waals surface area contributed by atoms with Gasteiger partial charge in [0.1, 0.15) is 16.7 Å². The van der Waals surface area contributed by atoms with Crippen LogP contribution in [0.25, 0.3) is 88.4 Å². The van der Waals surface area contributed by atoms with Gasteiger partial charge in [-0.3, -0.25) is 0 Å². The number of aryl methyl sites for hydroxylation is 1. The van der Waals surface area contributed by atoms with Crippen LogP contribution < -0.4 is 9.80 Å². The Hall–Kier alpha value is -10.6. The molecule has 1 N–H and O–H groups in total. The zero-order valence-corrected chi connectivity index (χ0v) is 54.2. The van der Waals surface area contributed by atoms with Crippen molar-refractivity contribution in [3.05, 3.63) is 297 Å². The summed E-state index contributed by atoms with van der Waals surface area (Å²) in [6.45, 7) is 2.16. The van der Waals surface area contributed by atoms with Gasteiger partial charge in [-0.1, -0.05) is 222 Å². The maximum absolute atomic E-state index is 12.1. The zero-order chi connectivity index (χ0) is 70.3. The standard InChI is InChI=1S/C37H27NO.C36H25NO2.C4F10O2S.BFPS.H2/c1-26-35(25-24-34-33-14-8-9-15-36(33)39-37(26)34)38(31-20-16-29(17-21-31)27-10-4-2-5-11-27)32-22-18-30(19-23-32)28-12-6-3-7-13-28;38-35-33(24-23-32-31-13-7-8-14-34(31)39-36(32)35)37(29-19-15-27(16-20-29)25-9-3-1-4-10-25)30-21-17-28(18-22-30)26-11-5-2-6-12-26;5-1(6,3(9,10)11)2(7,8)4(12,13)17(14,15)16;2-1-3-4;/h2-25H,1H3;1-24,38H;;;1H/i;;;;1+1. The van der Waals surface area contributed by atoms with Gasteiger partial charge in [-0.2, -0.15) is 47.9 Å². The number of alkyl halides is 9. The summed E-state index contributed by atoms with van der Waals surface area (Å²) in [6.07, 6.45) is -7.19. The molecule has 0 saturated heterocycles. The number of anilines is 6. The van der Waals surface area contributed by atoms with Gasteiger partial charge >= 0.3 is 40.8 Å². The highest BCUT2D eigenvalue weighted by Crippen LogP contribution is 2.55. The molecule has 0 amide bonds. The van der Waals surface area contributed by atoms with E-state index in [1.54, 1.807) is 0 Å². The topological polar surface area (TPSA) is 87.1 Å². The van der Waals surface area contributed by atoms with Gasteiger partial charge in [-0.15, -0.1) is 0 Å². The highest BCUT2D eigenvalue weighted by molar-refractivity contribution is 8.08. The third-order valence-electron chi connectivity index (χ3n) is 16.1. The van der Waals surface area contributed by atoms with Crippen LogP contribution in [-0.2, 0) is 22.0 Å². The lowest BCUT2D eigenvalue weighted by Crippen LogP contribution is -2.62. The Bertz CT molecular complexity index is 4770. The number of rotatable bonds is 14. The molecular formula is C77H54BF11N2O5PS2. The summed E-state index contributed by atoms with van der Waals surface area (Å²) < 4.78 is 160. The van der Waals surface area contributed by atoms with E-state index in [0.29, 0.717) is 25.8 Å². The van der Waals surface area contributed by atoms with Crippen LogP contribution in [0.15, 0.2) is 300 Å². The van der Waals surface area contributed by atoms with Crippen LogP contribution >= 0.6 is 7.23 Å². The average Bonchev–Trinajstić information content (AvgIpc) is 1.00. The van der Waals surface area contributed by atoms with Crippen molar-refractivity contribution < 1.29 is 71.5 Å². The molecule has 0 atom stereocenters. The Labute approximate surface area is 570 Å². The molecule has 7 nitrogen and oxygen atoms in total. The molecule has 0 spiro atoms. The van der Waals surface area contributed by atoms with Crippen molar-refractivity contribution in [3.63, 3.8) is 0 Å². The largest absolute Gasteiger partial charge is 0.503 e. The smallest absolute Gasteiger partial charge is 0.460 e. The molecular weight excluding hydrogens is 1350 g/mol. The molecule has 2 aromatic heterocycles. The Morgan fingerprint density at radius 3 is 1.00 bits per heavy atom. The average molecular weight is 1400 g/mol. The van der Waals surface area contributed by atoms with Crippen LogP contribution in [0.2, 0.25) is 0 Å². The second-order valence-corrected chi connectivity index (χ2v) is 24.6. The number of phenolic OH excluding ortho intramolecular Hbond substituents is 1. The van der Waals surface area contributed by atoms with Gasteiger partial charge in [0.25, 0.3) is 0 Å². The van der Waals surface area contributed by atoms with Crippen molar-refractivity contribution >= 4 is 115 Å². The van der Waals surface area contributed by atoms with Crippen molar-refractivity contribution in [1.29, 1.82) is 0 Å². The molecule has 0 bridgehead atoms. The van der Waals surface area contributed by atoms with Gasteiger partial charge in [0.15, 0.2) is 11.3 Å². The van der Waals surface area contributed by atoms with Crippen molar-refractivity contribution in [2.45, 2.75) is 30.2 Å². The summed E-state index contributed by atoms with van der Waals surface area (Å²) in [6, 6.07) is 101. The summed E-state index contributed by atoms with van der Waals surface area (Å²) in [5.41, 5.74) is 19.4. The molecule has 0 aliphatic rings. The fraction of sp³-hybridized carbons (Fsp3) is 0.0649. The molecule has 14 rings (SSSR count). The quantitative estimate of drug-likeness (QED) is 0.0499. The SMILES string of the molecule is Cc1c(N(c2ccc(-c3ccccc3)cc2)c2ccc(-c3ccccc3)cc2)ccc2c1oc1ccccc12.F[B]P=S.O=S(=O)(F)C(F)(F)C(F)(F)C(F)(F)C(F)(F)F.Oc1c(N(c2ccc(-c3ccccc3)cc2)c2ccc(-c3ccccc3)cc2)ccc2c1oc1ccccc12.[2HH]. The summed E-state index contributed by atoms with van der Waals surface area (Å²) >= 11 is 4.09. The minimum atomic E-state index is -7.67. The van der Waals surface area contributed by atoms with Crippen LogP contribution in [-0.4, -0.2) is 44.1 Å². The van der Waals surface area contributed by atoms with Gasteiger partial charge in [0, 0.05) is 51.3 Å². The maximum atomic E-state index is 12.1. The van der Waals surface area contributed by atoms with Gasteiger partial charge in [0.2, 0.25) is 0 Å². The number of benzene rings is 12. The van der Waals surface area contributed by atoms with E-state index in [1.165, 1.54) is 22.3 Å². The third kappa shape index (κ3) is 14.4. The molecule has 2 heterocycles. The van der Waals surface area contributed by atoms with Crippen molar-refractivity contribution in [2.75, 3.05) is 9.80 Å². The number of fused-ring (bicyclic) bond motifs is 6. The zero-order valence-electron chi connectivity index (χ0n) is 51.7. The molecule has 0 fully saturated rings. The monoisotopic (exact) mass is 1400 g/mol. The fourth-order valence-corrected chi connectivity index (χ4v) is 11.6. The van der Waals surface area contributed by atoms with E-state index in [1.807, 2.05) is 84.9 Å². The van der Waals surface area contributed by atoms with E-state index in [0.717, 1.165) is 94.5 Å². The van der Waals surface area contributed by atoms with E-state index in [4.69, 9.17) is 8.83 Å². The maximum Gasteiger partial charge on any atom is 0.460 e. The Morgan fingerprint density at radius 1 is 0.394 bits per heavy atom. The van der Waals surface area contributed by atoms with Crippen LogP contribution in [0.4, 0.5) is 81.8 Å². The molecule has 12 aromatic carbocycles. The number of hydrogen-bond acceptors (Lipinski definition) is 8. The Balaban J connectivity index is 0.000000168. The highest BCUT2D eigenvalue weighted by Gasteiger charge is 2.85. The lowest BCUT2D eigenvalue weighted by molar-refractivity contribution is -0.382. The van der Waals surface area contributed by atoms with Crippen molar-refractivity contribution in [1.82, 2.24) is 0 Å². The second-order valence-electron chi connectivity index (χ2n) is 22.2. The van der Waals surface area contributed by atoms with E-state index in [9.17, 15) is 61.2 Å². The first kappa shape index (κ1) is 69.7. The molecule has 0 unspecified atom stereocenters. The first-order valence-corrected chi connectivity index (χ1v) is 33.4. The predicted octanol–water partition coefficient (Wildman–Crippen LogP) is 24.6. The molecule has 0 aliphatic carbocycles. The number of hydrogen-bond donors (Lipinski definition) is 1. The van der Waals surface area contributed by atoms with Crippen molar-refractivity contribution in [2.24, 2.45) is 0 Å². The van der Waals surface area contributed by atoms with Crippen LogP contribution in [0, 0.1) is 6.92 Å². The Kier molecular flexibility index (Phi) is 20.6. The number of para-hydroxylation sites is 2. The minimum absolute atomic E-state index is 0. The highest BCUT2D eigenvalue weighted by atomic mass is 32.4. The number of aromatic hydroxyl groups is 1. The molecule has 99 heavy (non-hydrogen) atoms. The van der Waals surface area contributed by atoms with Crippen LogP contribution in [0.1, 0.15) is 6.99 Å². The Morgan fingerprint density at radius 2 is 0.677 bits per heavy atom. The minimum Gasteiger partial charge on any atom is -0.503 e. The molecule has 0 aliphatic heterocycles. The lowest BCUT2D eigenvalue weighted by atomic mass is 10.0. The molecule has 1 radical (unpaired) electrons. The van der Waals surface area contributed by atoms with E-state index >= 15 is 0 Å². The first-order valence-electron chi connectivity index (χ1n) is 30.1. The van der Waals surface area contributed by atoms with Gasteiger partial charge in [-0.05, 0) is 144 Å². The molecule has 0 saturated carbocycles. The van der Waals surface area contributed by atoms with Crippen LogP contribution in [0.5, 0.6) is 5.75 Å². The predicted molar refractivity (Wildman–Crippen MR) is 379 cm³/mol. The van der Waals surface area contributed by atoms with E-state index < -0.39 is 33.5 Å². The number of phenols is 1. The van der Waals surface area contributed by atoms with Crippen molar-refractivity contribution in [3.8, 4) is 50.3 Å². The first-order chi connectivity index (χ1) is 47.4.